The van der Waals surface area contributed by atoms with Crippen molar-refractivity contribution in [1.29, 1.82) is 0 Å². The molecule has 2 rings (SSSR count). The molecular formula is C13H21N3O7S. The molecule has 0 aliphatic carbocycles. The molecule has 0 aromatic carbocycles. The summed E-state index contributed by atoms with van der Waals surface area (Å²) in [4.78, 5) is 14.5. The molecular weight excluding hydrogens is 342 g/mol. The van der Waals surface area contributed by atoms with Crippen molar-refractivity contribution >= 4 is 22.3 Å². The Bertz CT molecular complexity index is 584. The molecule has 0 radical (unpaired) electrons. The number of ether oxygens (including phenoxy) is 1. The van der Waals surface area contributed by atoms with Gasteiger partial charge in [0.1, 0.15) is 10.7 Å². The van der Waals surface area contributed by atoms with Gasteiger partial charge in [-0.3, -0.25) is 4.79 Å². The van der Waals surface area contributed by atoms with Crippen molar-refractivity contribution in [3.05, 3.63) is 18.3 Å². The van der Waals surface area contributed by atoms with E-state index >= 15 is 0 Å². The number of anilines is 1. The number of sulfonamides is 1. The molecule has 1 aromatic heterocycles. The molecule has 4 N–H and O–H groups in total. The molecule has 1 aliphatic rings. The van der Waals surface area contributed by atoms with Gasteiger partial charge in [-0.05, 0) is 12.1 Å². The first kappa shape index (κ1) is 20.3. The maximum atomic E-state index is 12.0. The maximum absolute atomic E-state index is 12.0. The van der Waals surface area contributed by atoms with E-state index in [0.29, 0.717) is 32.1 Å². The van der Waals surface area contributed by atoms with Gasteiger partial charge in [-0.25, -0.2) is 18.1 Å². The average Bonchev–Trinajstić information content (AvgIpc) is 2.61. The molecule has 1 fully saturated rings. The van der Waals surface area contributed by atoms with Gasteiger partial charge in [0.2, 0.25) is 10.0 Å². The zero-order chi connectivity index (χ0) is 18.0. The van der Waals surface area contributed by atoms with E-state index in [2.05, 4.69) is 9.71 Å². The van der Waals surface area contributed by atoms with Gasteiger partial charge in [-0.2, -0.15) is 0 Å². The van der Waals surface area contributed by atoms with Crippen molar-refractivity contribution < 1.29 is 33.3 Å². The third-order valence-electron chi connectivity index (χ3n) is 3.13. The van der Waals surface area contributed by atoms with E-state index in [0.717, 1.165) is 0 Å². The second kappa shape index (κ2) is 10.2. The zero-order valence-corrected chi connectivity index (χ0v) is 13.7. The zero-order valence-electron chi connectivity index (χ0n) is 12.9. The fourth-order valence-electron chi connectivity index (χ4n) is 1.93. The summed E-state index contributed by atoms with van der Waals surface area (Å²) in [5.41, 5.74) is 0. The molecule has 0 saturated carbocycles. The van der Waals surface area contributed by atoms with Crippen LogP contribution in [0.5, 0.6) is 0 Å². The van der Waals surface area contributed by atoms with Crippen LogP contribution in [-0.4, -0.2) is 80.8 Å². The lowest BCUT2D eigenvalue weighted by molar-refractivity contribution is -0.122. The highest BCUT2D eigenvalue weighted by molar-refractivity contribution is 7.89. The van der Waals surface area contributed by atoms with Crippen LogP contribution in [0.15, 0.2) is 23.2 Å². The Labute approximate surface area is 139 Å². The van der Waals surface area contributed by atoms with Crippen molar-refractivity contribution in [2.75, 3.05) is 44.4 Å². The van der Waals surface area contributed by atoms with Crippen LogP contribution in [0.2, 0.25) is 0 Å². The minimum atomic E-state index is -3.81. The summed E-state index contributed by atoms with van der Waals surface area (Å²) in [7, 11) is -3.81. The number of pyridine rings is 1. The smallest absolute Gasteiger partial charge is 0.290 e. The molecule has 0 atom stereocenters. The molecule has 0 bridgehead atoms. The van der Waals surface area contributed by atoms with Crippen molar-refractivity contribution in [2.45, 2.75) is 10.9 Å². The van der Waals surface area contributed by atoms with E-state index in [1.165, 1.54) is 12.3 Å². The van der Waals surface area contributed by atoms with E-state index in [4.69, 9.17) is 24.9 Å². The Morgan fingerprint density at radius 3 is 2.33 bits per heavy atom. The predicted molar refractivity (Wildman–Crippen MR) is 84.2 cm³/mol. The normalized spacial score (nSPS) is 14.9. The Kier molecular flexibility index (Phi) is 8.57. The topological polar surface area (TPSA) is 149 Å². The lowest BCUT2D eigenvalue weighted by Gasteiger charge is -2.27. The molecule has 24 heavy (non-hydrogen) atoms. The number of hydrogen-bond donors (Lipinski definition) is 4. The van der Waals surface area contributed by atoms with E-state index in [9.17, 15) is 8.42 Å². The van der Waals surface area contributed by atoms with Crippen LogP contribution in [0.3, 0.4) is 0 Å². The lowest BCUT2D eigenvalue weighted by atomic mass is 10.4. The van der Waals surface area contributed by atoms with Crippen molar-refractivity contribution in [1.82, 2.24) is 9.71 Å². The van der Waals surface area contributed by atoms with Gasteiger partial charge in [-0.15, -0.1) is 0 Å². The number of nitrogens with one attached hydrogen (secondary N) is 1. The van der Waals surface area contributed by atoms with Gasteiger partial charge in [0.05, 0.1) is 32.5 Å². The monoisotopic (exact) mass is 363 g/mol. The van der Waals surface area contributed by atoms with Crippen LogP contribution in [0, 0.1) is 0 Å². The van der Waals surface area contributed by atoms with Crippen LogP contribution < -0.4 is 9.62 Å². The molecule has 1 aromatic rings. The largest absolute Gasteiger partial charge is 0.483 e. The summed E-state index contributed by atoms with van der Waals surface area (Å²) in [6.45, 7) is 1.48. The minimum absolute atomic E-state index is 0.00795. The van der Waals surface area contributed by atoms with Gasteiger partial charge in [0.25, 0.3) is 6.47 Å². The third-order valence-corrected chi connectivity index (χ3v) is 4.63. The summed E-state index contributed by atoms with van der Waals surface area (Å²) in [5, 5.41) is 24.7. The number of morpholine rings is 1. The highest BCUT2D eigenvalue weighted by atomic mass is 32.2. The number of aromatic nitrogens is 1. The summed E-state index contributed by atoms with van der Waals surface area (Å²) in [6, 6.07) is 2.16. The van der Waals surface area contributed by atoms with Crippen molar-refractivity contribution in [3.8, 4) is 0 Å². The van der Waals surface area contributed by atoms with Gasteiger partial charge < -0.3 is 25.0 Å². The molecule has 10 nitrogen and oxygen atoms in total. The van der Waals surface area contributed by atoms with Gasteiger partial charge >= 0.3 is 0 Å². The third kappa shape index (κ3) is 6.02. The number of carboxylic acid groups (broad SMARTS) is 1. The first-order valence-corrected chi connectivity index (χ1v) is 8.57. The summed E-state index contributed by atoms with van der Waals surface area (Å²) >= 11 is 0. The van der Waals surface area contributed by atoms with E-state index in [1.807, 2.05) is 4.90 Å². The van der Waals surface area contributed by atoms with Crippen LogP contribution >= 0.6 is 0 Å². The predicted octanol–water partition coefficient (Wildman–Crippen LogP) is -1.75. The molecule has 1 saturated heterocycles. The lowest BCUT2D eigenvalue weighted by Crippen LogP contribution is -2.40. The summed E-state index contributed by atoms with van der Waals surface area (Å²) < 4.78 is 31.5. The van der Waals surface area contributed by atoms with Gasteiger partial charge in [0.15, 0.2) is 0 Å². The fourth-order valence-corrected chi connectivity index (χ4v) is 3.09. The highest BCUT2D eigenvalue weighted by Gasteiger charge is 2.20. The minimum Gasteiger partial charge on any atom is -0.483 e. The molecule has 136 valence electrons. The van der Waals surface area contributed by atoms with Crippen molar-refractivity contribution in [3.63, 3.8) is 0 Å². The molecule has 1 aliphatic heterocycles. The number of nitrogens with zero attached hydrogens (tertiary/aromatic N) is 2. The van der Waals surface area contributed by atoms with Crippen molar-refractivity contribution in [2.24, 2.45) is 0 Å². The number of carbonyl (C=O) groups is 1. The summed E-state index contributed by atoms with van der Waals surface area (Å²) in [6.07, 6.45) is 1.26. The second-order valence-electron chi connectivity index (χ2n) is 4.74. The van der Waals surface area contributed by atoms with Crippen LogP contribution in [-0.2, 0) is 19.6 Å². The Balaban J connectivity index is 0.000000891. The van der Waals surface area contributed by atoms with Crippen LogP contribution in [0.4, 0.5) is 5.82 Å². The van der Waals surface area contributed by atoms with Crippen LogP contribution in [0.1, 0.15) is 0 Å². The number of aliphatic hydroxyl groups excluding tert-OH is 2. The Morgan fingerprint density at radius 2 is 1.88 bits per heavy atom. The van der Waals surface area contributed by atoms with E-state index in [-0.39, 0.29) is 11.4 Å². The Morgan fingerprint density at radius 1 is 1.29 bits per heavy atom. The number of rotatable bonds is 6. The van der Waals surface area contributed by atoms with E-state index in [1.54, 1.807) is 6.07 Å². The van der Waals surface area contributed by atoms with Gasteiger partial charge in [0, 0.05) is 19.3 Å². The molecule has 0 amide bonds. The molecule has 0 unspecified atom stereocenters. The fraction of sp³-hybridized carbons (Fsp3) is 0.538. The average molecular weight is 363 g/mol. The molecule has 11 heteroatoms. The number of hydrogen-bond acceptors (Lipinski definition) is 8. The Hall–Kier alpha value is -1.79. The standard InChI is InChI=1S/C12H19N3O5S.CH2O2/c16-8-10(9-17)14-21(18,19)11-1-2-12(13-7-11)15-3-5-20-6-4-15;2-1-3/h1-2,7,10,14,16-17H,3-6,8-9H2;1H,(H,2,3). The molecule has 2 heterocycles. The van der Waals surface area contributed by atoms with E-state index < -0.39 is 29.3 Å². The summed E-state index contributed by atoms with van der Waals surface area (Å²) in [5.74, 6) is 0.693. The first-order chi connectivity index (χ1) is 11.5. The quantitative estimate of drug-likeness (QED) is 0.432. The van der Waals surface area contributed by atoms with Crippen LogP contribution in [0.25, 0.3) is 0 Å². The first-order valence-electron chi connectivity index (χ1n) is 7.09. The maximum Gasteiger partial charge on any atom is 0.290 e. The SMILES string of the molecule is O=CO.O=S(=O)(NC(CO)CO)c1ccc(N2CCOCC2)nc1. The highest BCUT2D eigenvalue weighted by Crippen LogP contribution is 2.15. The number of aliphatic hydroxyl groups is 2. The van der Waals surface area contributed by atoms with Gasteiger partial charge in [-0.1, -0.05) is 0 Å². The molecule has 0 spiro atoms. The second-order valence-corrected chi connectivity index (χ2v) is 6.45.